The number of carbonyl (C=O) groups excluding carboxylic acids is 1. The van der Waals surface area contributed by atoms with Gasteiger partial charge in [0.1, 0.15) is 0 Å². The fraction of sp³-hybridized carbons (Fsp3) is 0.261. The van der Waals surface area contributed by atoms with Crippen molar-refractivity contribution in [3.63, 3.8) is 0 Å². The molecule has 0 bridgehead atoms. The average molecular weight is 473 g/mol. The average Bonchev–Trinajstić information content (AvgIpc) is 3.21. The van der Waals surface area contributed by atoms with Crippen LogP contribution in [0.3, 0.4) is 0 Å². The number of methoxy groups -OCH3 is 1. The molecule has 0 aliphatic heterocycles. The summed E-state index contributed by atoms with van der Waals surface area (Å²) in [4.78, 5) is 12.2. The number of hydrogen-bond acceptors (Lipinski definition) is 6. The molecule has 0 atom stereocenters. The molecule has 3 aromatic rings. The second-order valence-corrected chi connectivity index (χ2v) is 8.03. The van der Waals surface area contributed by atoms with Crippen molar-refractivity contribution in [2.24, 2.45) is 0 Å². The van der Waals surface area contributed by atoms with E-state index in [1.54, 1.807) is 31.0 Å². The zero-order valence-corrected chi connectivity index (χ0v) is 19.5. The lowest BCUT2D eigenvalue weighted by atomic mass is 10.2. The third-order valence-electron chi connectivity index (χ3n) is 4.49. The molecule has 168 valence electrons. The van der Waals surface area contributed by atoms with Crippen molar-refractivity contribution in [3.8, 4) is 11.5 Å². The zero-order valence-electron chi connectivity index (χ0n) is 18.0. The number of rotatable bonds is 11. The number of thioether (sulfide) groups is 1. The van der Waals surface area contributed by atoms with Crippen molar-refractivity contribution >= 4 is 35.3 Å². The van der Waals surface area contributed by atoms with Crippen molar-refractivity contribution in [1.29, 1.82) is 0 Å². The molecule has 0 saturated heterocycles. The number of hydrogen-bond donors (Lipinski definition) is 1. The topological polar surface area (TPSA) is 78.3 Å². The van der Waals surface area contributed by atoms with Gasteiger partial charge in [0.15, 0.2) is 22.5 Å². The summed E-state index contributed by atoms with van der Waals surface area (Å²) >= 11 is 7.65. The molecule has 0 aliphatic rings. The van der Waals surface area contributed by atoms with Gasteiger partial charge in [-0.3, -0.25) is 4.79 Å². The van der Waals surface area contributed by atoms with Crippen LogP contribution in [0, 0.1) is 0 Å². The highest BCUT2D eigenvalue weighted by Gasteiger charge is 2.12. The fourth-order valence-electron chi connectivity index (χ4n) is 2.90. The van der Waals surface area contributed by atoms with Crippen molar-refractivity contribution in [2.75, 3.05) is 19.5 Å². The number of benzene rings is 2. The SMILES string of the molecule is CCn1c(CNC(=O)C=Cc2ccccc2Cl)nnc1SCCOc1ccccc1OC. The van der Waals surface area contributed by atoms with E-state index in [0.29, 0.717) is 41.3 Å². The molecule has 32 heavy (non-hydrogen) atoms. The number of para-hydroxylation sites is 2. The lowest BCUT2D eigenvalue weighted by Gasteiger charge is -2.10. The number of nitrogens with one attached hydrogen (secondary N) is 1. The first-order valence-electron chi connectivity index (χ1n) is 10.1. The van der Waals surface area contributed by atoms with Gasteiger partial charge in [-0.2, -0.15) is 0 Å². The quantitative estimate of drug-likeness (QED) is 0.252. The standard InChI is InChI=1S/C23H25ClN4O3S/c1-3-28-21(16-25-22(29)13-12-17-8-4-5-9-18(17)24)26-27-23(28)32-15-14-31-20-11-7-6-10-19(20)30-2/h4-13H,3,14-16H2,1-2H3,(H,25,29). The van der Waals surface area contributed by atoms with Crippen LogP contribution in [0.2, 0.25) is 5.02 Å². The molecule has 0 fully saturated rings. The summed E-state index contributed by atoms with van der Waals surface area (Å²) in [5.74, 6) is 2.58. The van der Waals surface area contributed by atoms with Crippen LogP contribution in [0.4, 0.5) is 0 Å². The van der Waals surface area contributed by atoms with E-state index < -0.39 is 0 Å². The van der Waals surface area contributed by atoms with Gasteiger partial charge in [-0.05, 0) is 36.8 Å². The van der Waals surface area contributed by atoms with E-state index in [1.807, 2.05) is 54.0 Å². The summed E-state index contributed by atoms with van der Waals surface area (Å²) < 4.78 is 13.1. The lowest BCUT2D eigenvalue weighted by molar-refractivity contribution is -0.116. The van der Waals surface area contributed by atoms with E-state index in [4.69, 9.17) is 21.1 Å². The van der Waals surface area contributed by atoms with Crippen LogP contribution >= 0.6 is 23.4 Å². The maximum Gasteiger partial charge on any atom is 0.244 e. The molecule has 2 aromatic carbocycles. The van der Waals surface area contributed by atoms with Gasteiger partial charge in [-0.25, -0.2) is 0 Å². The Morgan fingerprint density at radius 2 is 1.91 bits per heavy atom. The highest BCUT2D eigenvalue weighted by atomic mass is 35.5. The summed E-state index contributed by atoms with van der Waals surface area (Å²) in [6.07, 6.45) is 3.14. The van der Waals surface area contributed by atoms with Gasteiger partial charge in [0.25, 0.3) is 0 Å². The van der Waals surface area contributed by atoms with Gasteiger partial charge in [0.2, 0.25) is 5.91 Å². The van der Waals surface area contributed by atoms with E-state index in [9.17, 15) is 4.79 Å². The second kappa shape index (κ2) is 12.2. The van der Waals surface area contributed by atoms with Crippen LogP contribution in [0.15, 0.2) is 59.8 Å². The Morgan fingerprint density at radius 3 is 2.66 bits per heavy atom. The fourth-order valence-corrected chi connectivity index (χ4v) is 3.93. The second-order valence-electron chi connectivity index (χ2n) is 6.56. The Bertz CT molecular complexity index is 1070. The van der Waals surface area contributed by atoms with E-state index in [-0.39, 0.29) is 12.5 Å². The van der Waals surface area contributed by atoms with E-state index >= 15 is 0 Å². The van der Waals surface area contributed by atoms with Crippen molar-refractivity contribution in [1.82, 2.24) is 20.1 Å². The van der Waals surface area contributed by atoms with Gasteiger partial charge >= 0.3 is 0 Å². The molecule has 1 amide bonds. The molecule has 1 aromatic heterocycles. The number of ether oxygens (including phenoxy) is 2. The van der Waals surface area contributed by atoms with Gasteiger partial charge in [0.05, 0.1) is 20.3 Å². The smallest absolute Gasteiger partial charge is 0.244 e. The van der Waals surface area contributed by atoms with Crippen LogP contribution in [0.5, 0.6) is 11.5 Å². The summed E-state index contributed by atoms with van der Waals surface area (Å²) in [6.45, 7) is 3.50. The molecule has 0 saturated carbocycles. The maximum atomic E-state index is 12.2. The van der Waals surface area contributed by atoms with Gasteiger partial charge in [-0.15, -0.1) is 10.2 Å². The highest BCUT2D eigenvalue weighted by molar-refractivity contribution is 7.99. The molecular formula is C23H25ClN4O3S. The van der Waals surface area contributed by atoms with Gasteiger partial charge in [0, 0.05) is 23.4 Å². The summed E-state index contributed by atoms with van der Waals surface area (Å²) in [6, 6.07) is 14.9. The minimum absolute atomic E-state index is 0.227. The largest absolute Gasteiger partial charge is 0.493 e. The van der Waals surface area contributed by atoms with Crippen LogP contribution in [-0.4, -0.2) is 40.1 Å². The van der Waals surface area contributed by atoms with Crippen LogP contribution in [0.25, 0.3) is 6.08 Å². The summed E-state index contributed by atoms with van der Waals surface area (Å²) in [5, 5.41) is 12.7. The lowest BCUT2D eigenvalue weighted by Crippen LogP contribution is -2.22. The van der Waals surface area contributed by atoms with Crippen LogP contribution in [0.1, 0.15) is 18.3 Å². The van der Waals surface area contributed by atoms with Crippen molar-refractivity contribution in [2.45, 2.75) is 25.2 Å². The highest BCUT2D eigenvalue weighted by Crippen LogP contribution is 2.26. The van der Waals surface area contributed by atoms with Crippen LogP contribution in [-0.2, 0) is 17.9 Å². The Labute approximate surface area is 196 Å². The van der Waals surface area contributed by atoms with Gasteiger partial charge < -0.3 is 19.4 Å². The number of aromatic nitrogens is 3. The first-order valence-corrected chi connectivity index (χ1v) is 11.5. The molecule has 0 unspecified atom stereocenters. The molecule has 1 N–H and O–H groups in total. The molecular weight excluding hydrogens is 448 g/mol. The summed E-state index contributed by atoms with van der Waals surface area (Å²) in [7, 11) is 1.62. The van der Waals surface area contributed by atoms with Crippen LogP contribution < -0.4 is 14.8 Å². The first kappa shape index (κ1) is 23.7. The Morgan fingerprint density at radius 1 is 1.16 bits per heavy atom. The minimum Gasteiger partial charge on any atom is -0.493 e. The third kappa shape index (κ3) is 6.51. The molecule has 9 heteroatoms. The molecule has 7 nitrogen and oxygen atoms in total. The van der Waals surface area contributed by atoms with Crippen molar-refractivity contribution < 1.29 is 14.3 Å². The molecule has 3 rings (SSSR count). The number of amides is 1. The first-order chi connectivity index (χ1) is 15.6. The number of nitrogens with zero attached hydrogens (tertiary/aromatic N) is 3. The number of halogens is 1. The summed E-state index contributed by atoms with van der Waals surface area (Å²) in [5.41, 5.74) is 0.787. The predicted molar refractivity (Wildman–Crippen MR) is 127 cm³/mol. The molecule has 1 heterocycles. The zero-order chi connectivity index (χ0) is 22.8. The Kier molecular flexibility index (Phi) is 9.01. The van der Waals surface area contributed by atoms with E-state index in [2.05, 4.69) is 15.5 Å². The monoisotopic (exact) mass is 472 g/mol. The van der Waals surface area contributed by atoms with Crippen molar-refractivity contribution in [3.05, 3.63) is 71.0 Å². The Hall–Kier alpha value is -2.97. The maximum absolute atomic E-state index is 12.2. The molecule has 0 radical (unpaired) electrons. The van der Waals surface area contributed by atoms with E-state index in [0.717, 1.165) is 10.7 Å². The number of carbonyl (C=O) groups is 1. The predicted octanol–water partition coefficient (Wildman–Crippen LogP) is 4.46. The minimum atomic E-state index is -0.227. The molecule has 0 aliphatic carbocycles. The van der Waals surface area contributed by atoms with Gasteiger partial charge in [-0.1, -0.05) is 53.7 Å². The molecule has 0 spiro atoms. The normalized spacial score (nSPS) is 11.0. The van der Waals surface area contributed by atoms with E-state index in [1.165, 1.54) is 6.08 Å². The Balaban J connectivity index is 1.50. The third-order valence-corrected chi connectivity index (χ3v) is 5.77.